The Morgan fingerprint density at radius 3 is 2.56 bits per heavy atom. The van der Waals surface area contributed by atoms with E-state index >= 15 is 0 Å². The van der Waals surface area contributed by atoms with Crippen LogP contribution in [0.3, 0.4) is 0 Å². The van der Waals surface area contributed by atoms with Crippen LogP contribution in [-0.4, -0.2) is 26.8 Å². The van der Waals surface area contributed by atoms with Crippen LogP contribution in [0.5, 0.6) is 0 Å². The van der Waals surface area contributed by atoms with Crippen molar-refractivity contribution in [3.8, 4) is 0 Å². The van der Waals surface area contributed by atoms with Gasteiger partial charge in [-0.3, -0.25) is 0 Å². The summed E-state index contributed by atoms with van der Waals surface area (Å²) in [6.45, 7) is 4.07. The summed E-state index contributed by atoms with van der Waals surface area (Å²) in [5, 5.41) is 6.26. The van der Waals surface area contributed by atoms with Gasteiger partial charge in [-0.2, -0.15) is 0 Å². The van der Waals surface area contributed by atoms with Gasteiger partial charge in [0.25, 0.3) is 8.53 Å². The Balaban J connectivity index is 2.38. The number of nitrogens with one attached hydrogen (secondary N) is 2. The van der Waals surface area contributed by atoms with Gasteiger partial charge in [0.15, 0.2) is 0 Å². The molecule has 0 saturated carbocycles. The average Bonchev–Trinajstić information content (AvgIpc) is 2.31. The topological polar surface area (TPSA) is 42.5 Å². The first-order chi connectivity index (χ1) is 7.86. The lowest BCUT2D eigenvalue weighted by molar-refractivity contribution is 0.263. The Morgan fingerprint density at radius 1 is 1.19 bits per heavy atom. The normalized spacial score (nSPS) is 12.4. The van der Waals surface area contributed by atoms with E-state index in [0.29, 0.717) is 13.2 Å². The van der Waals surface area contributed by atoms with Crippen molar-refractivity contribution in [1.29, 1.82) is 0 Å². The molecule has 1 atom stereocenters. The van der Waals surface area contributed by atoms with Crippen LogP contribution in [0.4, 0.5) is 5.69 Å². The van der Waals surface area contributed by atoms with E-state index in [-0.39, 0.29) is 0 Å². The third kappa shape index (κ3) is 5.42. The fraction of sp³-hybridized carbons (Fsp3) is 0.455. The maximum absolute atomic E-state index is 5.60. The second-order valence-electron chi connectivity index (χ2n) is 3.09. The predicted molar refractivity (Wildman–Crippen MR) is 68.5 cm³/mol. The first kappa shape index (κ1) is 13.4. The van der Waals surface area contributed by atoms with Crippen LogP contribution in [0.1, 0.15) is 6.92 Å². The van der Waals surface area contributed by atoms with Crippen LogP contribution in [0, 0.1) is 0 Å². The second-order valence-corrected chi connectivity index (χ2v) is 4.34. The quantitative estimate of drug-likeness (QED) is 0.543. The molecule has 0 heterocycles. The molecule has 0 bridgehead atoms. The molecule has 1 aromatic carbocycles. The Bertz CT molecular complexity index is 272. The highest BCUT2D eigenvalue weighted by molar-refractivity contribution is 7.48. The standard InChI is InChI=1S/C11H19N2O2P/c1-3-14-16(15-10-9-12-2)13-11-7-5-4-6-8-11/h4-8,12-13H,3,9-10H2,1-2H3. The molecule has 0 aliphatic rings. The molecule has 1 rings (SSSR count). The van der Waals surface area contributed by atoms with Gasteiger partial charge in [0.1, 0.15) is 0 Å². The molecular weight excluding hydrogens is 223 g/mol. The Hall–Kier alpha value is -0.670. The molecule has 0 fully saturated rings. The van der Waals surface area contributed by atoms with E-state index in [1.165, 1.54) is 0 Å². The van der Waals surface area contributed by atoms with Crippen molar-refractivity contribution in [1.82, 2.24) is 5.32 Å². The predicted octanol–water partition coefficient (Wildman–Crippen LogP) is 2.60. The number of likely N-dealkylation sites (N-methyl/N-ethyl adjacent to an activating group) is 1. The van der Waals surface area contributed by atoms with Gasteiger partial charge < -0.3 is 19.5 Å². The highest BCUT2D eigenvalue weighted by Gasteiger charge is 2.09. The summed E-state index contributed by atoms with van der Waals surface area (Å²) >= 11 is 0. The number of hydrogen-bond acceptors (Lipinski definition) is 4. The minimum absolute atomic E-state index is 0.641. The summed E-state index contributed by atoms with van der Waals surface area (Å²) < 4.78 is 11.1. The summed E-state index contributed by atoms with van der Waals surface area (Å²) in [6.07, 6.45) is 0. The molecule has 0 amide bonds. The molecule has 1 unspecified atom stereocenters. The molecular formula is C11H19N2O2P. The molecule has 0 aliphatic heterocycles. The highest BCUT2D eigenvalue weighted by atomic mass is 31.2. The largest absolute Gasteiger partial charge is 0.320 e. The van der Waals surface area contributed by atoms with Gasteiger partial charge in [-0.25, -0.2) is 0 Å². The van der Waals surface area contributed by atoms with Crippen molar-refractivity contribution in [2.24, 2.45) is 0 Å². The van der Waals surface area contributed by atoms with Crippen LogP contribution in [-0.2, 0) is 9.05 Å². The molecule has 0 aromatic heterocycles. The van der Waals surface area contributed by atoms with Gasteiger partial charge in [0, 0.05) is 12.2 Å². The SMILES string of the molecule is CCOP(Nc1ccccc1)OCCNC. The van der Waals surface area contributed by atoms with E-state index in [0.717, 1.165) is 12.2 Å². The first-order valence-electron chi connectivity index (χ1n) is 5.39. The minimum atomic E-state index is -1.04. The lowest BCUT2D eigenvalue weighted by Gasteiger charge is -2.17. The molecule has 1 aromatic rings. The van der Waals surface area contributed by atoms with E-state index in [1.807, 2.05) is 44.3 Å². The van der Waals surface area contributed by atoms with Gasteiger partial charge in [-0.15, -0.1) is 0 Å². The summed E-state index contributed by atoms with van der Waals surface area (Å²) in [4.78, 5) is 0. The zero-order chi connectivity index (χ0) is 11.6. The van der Waals surface area contributed by atoms with Gasteiger partial charge in [0.2, 0.25) is 0 Å². The third-order valence-electron chi connectivity index (χ3n) is 1.80. The second kappa shape index (κ2) is 8.48. The fourth-order valence-corrected chi connectivity index (χ4v) is 2.12. The zero-order valence-corrected chi connectivity index (χ0v) is 10.7. The van der Waals surface area contributed by atoms with E-state index in [1.54, 1.807) is 0 Å². The molecule has 16 heavy (non-hydrogen) atoms. The Labute approximate surface area is 98.3 Å². The maximum atomic E-state index is 5.60. The molecule has 0 aliphatic carbocycles. The van der Waals surface area contributed by atoms with Gasteiger partial charge >= 0.3 is 0 Å². The molecule has 5 heteroatoms. The van der Waals surface area contributed by atoms with Crippen LogP contribution in [0.2, 0.25) is 0 Å². The summed E-state index contributed by atoms with van der Waals surface area (Å²) in [5.41, 5.74) is 1.02. The third-order valence-corrected chi connectivity index (χ3v) is 3.15. The van der Waals surface area contributed by atoms with Crippen LogP contribution in [0.15, 0.2) is 30.3 Å². The molecule has 90 valence electrons. The Morgan fingerprint density at radius 2 is 1.94 bits per heavy atom. The number of benzene rings is 1. The Kier molecular flexibility index (Phi) is 7.10. The number of rotatable bonds is 8. The first-order valence-corrected chi connectivity index (χ1v) is 6.56. The van der Waals surface area contributed by atoms with Crippen molar-refractivity contribution >= 4 is 14.2 Å². The van der Waals surface area contributed by atoms with Crippen LogP contribution < -0.4 is 10.4 Å². The molecule has 0 spiro atoms. The average molecular weight is 242 g/mol. The lowest BCUT2D eigenvalue weighted by Crippen LogP contribution is -2.14. The van der Waals surface area contributed by atoms with Gasteiger partial charge in [0.05, 0.1) is 13.2 Å². The lowest BCUT2D eigenvalue weighted by atomic mass is 10.3. The fourth-order valence-electron chi connectivity index (χ4n) is 1.07. The van der Waals surface area contributed by atoms with E-state index < -0.39 is 8.53 Å². The minimum Gasteiger partial charge on any atom is -0.320 e. The van der Waals surface area contributed by atoms with Gasteiger partial charge in [-0.1, -0.05) is 18.2 Å². The van der Waals surface area contributed by atoms with Crippen molar-refractivity contribution in [2.75, 3.05) is 31.9 Å². The van der Waals surface area contributed by atoms with Crippen LogP contribution in [0.25, 0.3) is 0 Å². The van der Waals surface area contributed by atoms with Gasteiger partial charge in [-0.05, 0) is 26.1 Å². The maximum Gasteiger partial charge on any atom is 0.287 e. The number of hydrogen-bond donors (Lipinski definition) is 2. The monoisotopic (exact) mass is 242 g/mol. The summed E-state index contributed by atoms with van der Waals surface area (Å²) in [6, 6.07) is 9.94. The van der Waals surface area contributed by atoms with Crippen molar-refractivity contribution in [3.05, 3.63) is 30.3 Å². The number of para-hydroxylation sites is 1. The van der Waals surface area contributed by atoms with Crippen molar-refractivity contribution in [2.45, 2.75) is 6.92 Å². The highest BCUT2D eigenvalue weighted by Crippen LogP contribution is 2.38. The van der Waals surface area contributed by atoms with E-state index in [2.05, 4.69) is 10.4 Å². The van der Waals surface area contributed by atoms with E-state index in [9.17, 15) is 0 Å². The van der Waals surface area contributed by atoms with E-state index in [4.69, 9.17) is 9.05 Å². The molecule has 4 nitrogen and oxygen atoms in total. The van der Waals surface area contributed by atoms with Crippen LogP contribution >= 0.6 is 8.53 Å². The molecule has 2 N–H and O–H groups in total. The zero-order valence-electron chi connectivity index (χ0n) is 9.77. The number of anilines is 1. The summed E-state index contributed by atoms with van der Waals surface area (Å²) in [5.74, 6) is 0. The smallest absolute Gasteiger partial charge is 0.287 e. The molecule has 0 saturated heterocycles. The van der Waals surface area contributed by atoms with Crippen molar-refractivity contribution in [3.63, 3.8) is 0 Å². The molecule has 0 radical (unpaired) electrons. The summed E-state index contributed by atoms with van der Waals surface area (Å²) in [7, 11) is 0.861. The van der Waals surface area contributed by atoms with Crippen molar-refractivity contribution < 1.29 is 9.05 Å².